The van der Waals surface area contributed by atoms with Crippen LogP contribution in [0.4, 0.5) is 5.69 Å². The molecule has 0 fully saturated rings. The molecule has 2 aromatic rings. The van der Waals surface area contributed by atoms with E-state index in [4.69, 9.17) is 16.0 Å². The van der Waals surface area contributed by atoms with Crippen molar-refractivity contribution in [2.24, 2.45) is 0 Å². The number of hydrogen-bond donors (Lipinski definition) is 2. The molecule has 31 heavy (non-hydrogen) atoms. The van der Waals surface area contributed by atoms with E-state index in [-0.39, 0.29) is 17.4 Å². The van der Waals surface area contributed by atoms with Crippen LogP contribution in [0.2, 0.25) is 5.02 Å². The Labute approximate surface area is 189 Å². The van der Waals surface area contributed by atoms with E-state index in [0.29, 0.717) is 39.1 Å². The van der Waals surface area contributed by atoms with E-state index in [2.05, 4.69) is 16.7 Å². The number of carbonyl (C=O) groups is 2. The lowest BCUT2D eigenvalue weighted by Crippen LogP contribution is -2.31. The zero-order valence-electron chi connectivity index (χ0n) is 16.8. The lowest BCUT2D eigenvalue weighted by molar-refractivity contribution is -0.116. The Morgan fingerprint density at radius 1 is 1.35 bits per heavy atom. The molecule has 6 nitrogen and oxygen atoms in total. The third kappa shape index (κ3) is 4.27. The summed E-state index contributed by atoms with van der Waals surface area (Å²) in [5, 5.41) is 17.2. The van der Waals surface area contributed by atoms with Gasteiger partial charge in [0.05, 0.1) is 34.6 Å². The molecule has 1 amide bonds. The van der Waals surface area contributed by atoms with Crippen molar-refractivity contribution in [1.29, 1.82) is 5.26 Å². The summed E-state index contributed by atoms with van der Waals surface area (Å²) < 4.78 is 5.58. The van der Waals surface area contributed by atoms with Gasteiger partial charge in [0.25, 0.3) is 0 Å². The Balaban J connectivity index is 1.58. The maximum absolute atomic E-state index is 12.7. The number of nitrogens with zero attached hydrogens (tertiary/aromatic N) is 1. The van der Waals surface area contributed by atoms with Crippen LogP contribution in [0, 0.1) is 18.3 Å². The predicted molar refractivity (Wildman–Crippen MR) is 120 cm³/mol. The average molecular weight is 454 g/mol. The second-order valence-corrected chi connectivity index (χ2v) is 8.74. The van der Waals surface area contributed by atoms with Crippen molar-refractivity contribution in [2.75, 3.05) is 11.1 Å². The smallest absolute Gasteiger partial charge is 0.234 e. The fourth-order valence-electron chi connectivity index (χ4n) is 3.84. The van der Waals surface area contributed by atoms with Crippen molar-refractivity contribution in [3.05, 3.63) is 74.8 Å². The van der Waals surface area contributed by atoms with Crippen LogP contribution in [0.25, 0.3) is 0 Å². The average Bonchev–Trinajstić information content (AvgIpc) is 3.29. The Bertz CT molecular complexity index is 1150. The summed E-state index contributed by atoms with van der Waals surface area (Å²) in [7, 11) is 0. The molecule has 0 bridgehead atoms. The number of carbonyl (C=O) groups excluding carboxylic acids is 2. The molecule has 0 spiro atoms. The number of allylic oxidation sites excluding steroid dienone is 3. The van der Waals surface area contributed by atoms with E-state index in [1.165, 1.54) is 18.0 Å². The van der Waals surface area contributed by atoms with Gasteiger partial charge < -0.3 is 15.1 Å². The number of nitrogens with one attached hydrogen (secondary N) is 2. The zero-order valence-corrected chi connectivity index (χ0v) is 18.4. The van der Waals surface area contributed by atoms with Crippen molar-refractivity contribution >= 4 is 40.7 Å². The highest BCUT2D eigenvalue weighted by molar-refractivity contribution is 8.03. The molecule has 1 atom stereocenters. The number of amides is 1. The number of thioether (sulfide) groups is 1. The quantitative estimate of drug-likeness (QED) is 0.658. The maximum Gasteiger partial charge on any atom is 0.234 e. The highest BCUT2D eigenvalue weighted by atomic mass is 35.5. The van der Waals surface area contributed by atoms with E-state index in [0.717, 1.165) is 24.1 Å². The van der Waals surface area contributed by atoms with E-state index in [1.807, 2.05) is 6.92 Å². The van der Waals surface area contributed by atoms with Gasteiger partial charge in [-0.15, -0.1) is 0 Å². The number of dihydropyridines is 1. The topological polar surface area (TPSA) is 95.1 Å². The van der Waals surface area contributed by atoms with Crippen molar-refractivity contribution in [3.8, 4) is 6.07 Å². The Kier molecular flexibility index (Phi) is 6.21. The minimum atomic E-state index is -0.551. The van der Waals surface area contributed by atoms with Gasteiger partial charge in [-0.1, -0.05) is 29.4 Å². The van der Waals surface area contributed by atoms with Crippen molar-refractivity contribution in [1.82, 2.24) is 5.32 Å². The molecule has 2 aliphatic rings. The first kappa shape index (κ1) is 21.3. The van der Waals surface area contributed by atoms with Crippen LogP contribution in [0.5, 0.6) is 0 Å². The molecule has 0 saturated heterocycles. The maximum atomic E-state index is 12.7. The van der Waals surface area contributed by atoms with E-state index in [9.17, 15) is 14.9 Å². The number of anilines is 1. The summed E-state index contributed by atoms with van der Waals surface area (Å²) in [6.07, 6.45) is 3.46. The molecule has 1 aliphatic carbocycles. The minimum Gasteiger partial charge on any atom is -0.468 e. The van der Waals surface area contributed by atoms with Gasteiger partial charge >= 0.3 is 0 Å². The number of nitriles is 1. The predicted octanol–water partition coefficient (Wildman–Crippen LogP) is 5.04. The molecule has 1 unspecified atom stereocenters. The lowest BCUT2D eigenvalue weighted by atomic mass is 9.79. The van der Waals surface area contributed by atoms with E-state index in [1.54, 1.807) is 30.3 Å². The highest BCUT2D eigenvalue weighted by Crippen LogP contribution is 2.44. The lowest BCUT2D eigenvalue weighted by Gasteiger charge is -2.32. The van der Waals surface area contributed by atoms with Gasteiger partial charge in [0, 0.05) is 28.4 Å². The fraction of sp³-hybridized carbons (Fsp3) is 0.261. The number of hydrogen-bond acceptors (Lipinski definition) is 6. The summed E-state index contributed by atoms with van der Waals surface area (Å²) >= 11 is 7.36. The largest absolute Gasteiger partial charge is 0.468 e. The first-order chi connectivity index (χ1) is 15.0. The van der Waals surface area contributed by atoms with Gasteiger partial charge in [0.1, 0.15) is 5.76 Å². The third-order valence-electron chi connectivity index (χ3n) is 5.38. The molecule has 1 aromatic carbocycles. The van der Waals surface area contributed by atoms with Gasteiger partial charge in [-0.3, -0.25) is 9.59 Å². The Morgan fingerprint density at radius 3 is 2.94 bits per heavy atom. The highest BCUT2D eigenvalue weighted by Gasteiger charge is 2.38. The molecule has 2 heterocycles. The molecule has 158 valence electrons. The normalized spacial score (nSPS) is 18.4. The van der Waals surface area contributed by atoms with Crippen LogP contribution in [0.1, 0.15) is 36.5 Å². The van der Waals surface area contributed by atoms with Crippen molar-refractivity contribution < 1.29 is 14.0 Å². The Morgan fingerprint density at radius 2 is 2.19 bits per heavy atom. The molecule has 1 aromatic heterocycles. The summed E-state index contributed by atoms with van der Waals surface area (Å²) in [6, 6.07) is 11.1. The van der Waals surface area contributed by atoms with Gasteiger partial charge in [-0.05, 0) is 49.6 Å². The Hall–Kier alpha value is -2.95. The fourth-order valence-corrected chi connectivity index (χ4v) is 4.88. The van der Waals surface area contributed by atoms with Crippen molar-refractivity contribution in [3.63, 3.8) is 0 Å². The van der Waals surface area contributed by atoms with Crippen LogP contribution < -0.4 is 10.6 Å². The number of ketones is 1. The van der Waals surface area contributed by atoms with Crippen LogP contribution in [-0.4, -0.2) is 17.4 Å². The molecule has 2 N–H and O–H groups in total. The second kappa shape index (κ2) is 9.04. The van der Waals surface area contributed by atoms with E-state index >= 15 is 0 Å². The SMILES string of the molecule is Cc1c(Cl)cccc1NC(=O)CSC1=C(C#N)C(c2ccco2)C2=C(CCCC2=O)N1. The summed E-state index contributed by atoms with van der Waals surface area (Å²) in [5.41, 5.74) is 3.25. The zero-order chi connectivity index (χ0) is 22.0. The number of halogens is 1. The summed E-state index contributed by atoms with van der Waals surface area (Å²) in [6.45, 7) is 1.84. The molecule has 0 saturated carbocycles. The number of rotatable bonds is 5. The number of furan rings is 1. The molecular weight excluding hydrogens is 434 g/mol. The third-order valence-corrected chi connectivity index (χ3v) is 6.81. The first-order valence-electron chi connectivity index (χ1n) is 9.88. The van der Waals surface area contributed by atoms with Gasteiger partial charge in [0.15, 0.2) is 5.78 Å². The standard InChI is InChI=1S/C23H20ClN3O3S/c1-13-15(24)5-2-6-16(13)26-20(29)12-31-23-14(11-25)21(19-9-4-10-30-19)22-17(27-23)7-3-8-18(22)28/h2,4-6,9-10,21,27H,3,7-8,12H2,1H3,(H,26,29). The van der Waals surface area contributed by atoms with Crippen LogP contribution >= 0.6 is 23.4 Å². The van der Waals surface area contributed by atoms with Crippen LogP contribution in [-0.2, 0) is 9.59 Å². The summed E-state index contributed by atoms with van der Waals surface area (Å²) in [4.78, 5) is 25.2. The molecule has 0 radical (unpaired) electrons. The first-order valence-corrected chi connectivity index (χ1v) is 11.2. The van der Waals surface area contributed by atoms with E-state index < -0.39 is 5.92 Å². The van der Waals surface area contributed by atoms with Crippen molar-refractivity contribution in [2.45, 2.75) is 32.1 Å². The minimum absolute atomic E-state index is 0.0288. The summed E-state index contributed by atoms with van der Waals surface area (Å²) in [5.74, 6) is -0.0826. The van der Waals surface area contributed by atoms with Crippen LogP contribution in [0.3, 0.4) is 0 Å². The van der Waals surface area contributed by atoms with Gasteiger partial charge in [-0.25, -0.2) is 0 Å². The molecule has 4 rings (SSSR count). The second-order valence-electron chi connectivity index (χ2n) is 7.35. The van der Waals surface area contributed by atoms with Gasteiger partial charge in [-0.2, -0.15) is 5.26 Å². The van der Waals surface area contributed by atoms with Crippen LogP contribution in [0.15, 0.2) is 62.9 Å². The molecule has 1 aliphatic heterocycles. The monoisotopic (exact) mass is 453 g/mol. The molecular formula is C23H20ClN3O3S. The number of benzene rings is 1. The van der Waals surface area contributed by atoms with Gasteiger partial charge in [0.2, 0.25) is 5.91 Å². The number of Topliss-reactive ketones (excluding diaryl/α,β-unsaturated/α-hetero) is 1. The molecule has 8 heteroatoms.